The van der Waals surface area contributed by atoms with Gasteiger partial charge >= 0.3 is 5.97 Å². The smallest absolute Gasteiger partial charge is 0.306 e. The Labute approximate surface area is 365 Å². The molecule has 342 valence electrons. The third kappa shape index (κ3) is 42.1. The molecule has 3 N–H and O–H groups in total. The molecule has 6 heteroatoms. The van der Waals surface area contributed by atoms with Crippen molar-refractivity contribution in [1.29, 1.82) is 0 Å². The van der Waals surface area contributed by atoms with Crippen molar-refractivity contribution in [3.8, 4) is 0 Å². The zero-order chi connectivity index (χ0) is 43.1. The molecule has 0 aromatic heterocycles. The van der Waals surface area contributed by atoms with Crippen LogP contribution < -0.4 is 5.32 Å². The fourth-order valence-electron chi connectivity index (χ4n) is 7.32. The fraction of sp³-hybridized carbons (Fsp3) is 0.774. The number of rotatable bonds is 44. The predicted octanol–water partition coefficient (Wildman–Crippen LogP) is 14.8. The maximum atomic E-state index is 13.2. The summed E-state index contributed by atoms with van der Waals surface area (Å²) in [7, 11) is 0. The van der Waals surface area contributed by atoms with Gasteiger partial charge in [0.15, 0.2) is 0 Å². The highest BCUT2D eigenvalue weighted by Crippen LogP contribution is 2.17. The maximum Gasteiger partial charge on any atom is 0.306 e. The van der Waals surface area contributed by atoms with Gasteiger partial charge in [0.2, 0.25) is 5.91 Å². The number of ether oxygens (including phenoxy) is 1. The van der Waals surface area contributed by atoms with Crippen LogP contribution in [0, 0.1) is 0 Å². The molecule has 59 heavy (non-hydrogen) atoms. The number of allylic oxidation sites excluding steroid dienone is 10. The molecule has 0 bridgehead atoms. The van der Waals surface area contributed by atoms with E-state index in [0.29, 0.717) is 19.3 Å². The summed E-state index contributed by atoms with van der Waals surface area (Å²) in [6, 6.07) is -0.715. The summed E-state index contributed by atoms with van der Waals surface area (Å²) in [5, 5.41) is 23.7. The van der Waals surface area contributed by atoms with Gasteiger partial charge in [-0.15, -0.1) is 0 Å². The normalized spacial score (nSPS) is 13.8. The molecular formula is C53H95NO5. The molecule has 0 aliphatic heterocycles. The van der Waals surface area contributed by atoms with Crippen LogP contribution in [0.25, 0.3) is 0 Å². The second-order valence-corrected chi connectivity index (χ2v) is 16.9. The highest BCUT2D eigenvalue weighted by molar-refractivity contribution is 5.77. The van der Waals surface area contributed by atoms with Crippen molar-refractivity contribution in [2.45, 2.75) is 257 Å². The number of hydrogen-bond acceptors (Lipinski definition) is 5. The Bertz CT molecular complexity index is 1060. The minimum Gasteiger partial charge on any atom is -0.462 e. The van der Waals surface area contributed by atoms with Gasteiger partial charge in [-0.1, -0.05) is 204 Å². The Hall–Kier alpha value is -2.44. The third-order valence-corrected chi connectivity index (χ3v) is 11.1. The van der Waals surface area contributed by atoms with Crippen LogP contribution in [0.5, 0.6) is 0 Å². The second kappa shape index (κ2) is 46.6. The first kappa shape index (κ1) is 56.6. The van der Waals surface area contributed by atoms with Crippen LogP contribution in [0.1, 0.15) is 239 Å². The fourth-order valence-corrected chi connectivity index (χ4v) is 7.32. The molecular weight excluding hydrogens is 731 g/mol. The molecule has 3 unspecified atom stereocenters. The van der Waals surface area contributed by atoms with Gasteiger partial charge in [0.05, 0.1) is 25.2 Å². The van der Waals surface area contributed by atoms with Gasteiger partial charge in [-0.3, -0.25) is 9.59 Å². The zero-order valence-corrected chi connectivity index (χ0v) is 38.9. The van der Waals surface area contributed by atoms with Crippen LogP contribution in [0.4, 0.5) is 0 Å². The van der Waals surface area contributed by atoms with Crippen LogP contribution in [-0.4, -0.2) is 46.9 Å². The van der Waals surface area contributed by atoms with E-state index in [-0.39, 0.29) is 24.9 Å². The molecule has 0 radical (unpaired) electrons. The Morgan fingerprint density at radius 1 is 0.525 bits per heavy atom. The molecule has 3 atom stereocenters. The summed E-state index contributed by atoms with van der Waals surface area (Å²) >= 11 is 0. The lowest BCUT2D eigenvalue weighted by atomic mass is 10.0. The molecule has 0 aliphatic rings. The number of carbonyl (C=O) groups is 2. The minimum atomic E-state index is -0.799. The molecule has 0 aromatic rings. The minimum absolute atomic E-state index is 0.0492. The van der Waals surface area contributed by atoms with Crippen molar-refractivity contribution < 1.29 is 24.5 Å². The van der Waals surface area contributed by atoms with Gasteiger partial charge in [-0.2, -0.15) is 0 Å². The van der Waals surface area contributed by atoms with Crippen molar-refractivity contribution in [3.63, 3.8) is 0 Å². The van der Waals surface area contributed by atoms with Crippen molar-refractivity contribution in [1.82, 2.24) is 5.32 Å². The maximum absolute atomic E-state index is 13.2. The van der Waals surface area contributed by atoms with Crippen LogP contribution in [0.15, 0.2) is 60.8 Å². The van der Waals surface area contributed by atoms with E-state index >= 15 is 0 Å². The van der Waals surface area contributed by atoms with E-state index in [9.17, 15) is 19.8 Å². The average molecular weight is 826 g/mol. The highest BCUT2D eigenvalue weighted by atomic mass is 16.5. The molecule has 1 amide bonds. The monoisotopic (exact) mass is 826 g/mol. The topological polar surface area (TPSA) is 95.9 Å². The van der Waals surface area contributed by atoms with Crippen molar-refractivity contribution in [2.75, 3.05) is 6.61 Å². The van der Waals surface area contributed by atoms with Gasteiger partial charge in [0, 0.05) is 6.42 Å². The van der Waals surface area contributed by atoms with E-state index in [4.69, 9.17) is 4.74 Å². The molecule has 0 saturated heterocycles. The summed E-state index contributed by atoms with van der Waals surface area (Å²) in [5.74, 6) is -0.527. The average Bonchev–Trinajstić information content (AvgIpc) is 3.23. The number of carbonyl (C=O) groups excluding carboxylic acids is 2. The van der Waals surface area contributed by atoms with Gasteiger partial charge in [-0.25, -0.2) is 0 Å². The number of esters is 1. The van der Waals surface area contributed by atoms with E-state index in [0.717, 1.165) is 103 Å². The number of hydrogen-bond donors (Lipinski definition) is 3. The molecule has 0 saturated carbocycles. The Morgan fingerprint density at radius 2 is 0.966 bits per heavy atom. The molecule has 6 nitrogen and oxygen atoms in total. The molecule has 0 rings (SSSR count). The summed E-state index contributed by atoms with van der Waals surface area (Å²) in [6.45, 7) is 6.34. The van der Waals surface area contributed by atoms with Crippen molar-refractivity contribution in [3.05, 3.63) is 60.8 Å². The largest absolute Gasteiger partial charge is 0.462 e. The number of aliphatic hydroxyl groups excluding tert-OH is 2. The summed E-state index contributed by atoms with van der Waals surface area (Å²) in [5.41, 5.74) is 0. The lowest BCUT2D eigenvalue weighted by molar-refractivity contribution is -0.151. The number of nitrogens with one attached hydrogen (secondary N) is 1. The quantitative estimate of drug-likeness (QED) is 0.0246. The van der Waals surface area contributed by atoms with Gasteiger partial charge in [0.25, 0.3) is 0 Å². The van der Waals surface area contributed by atoms with Gasteiger partial charge in [-0.05, 0) is 83.5 Å². The van der Waals surface area contributed by atoms with Crippen molar-refractivity contribution in [2.24, 2.45) is 0 Å². The van der Waals surface area contributed by atoms with Crippen molar-refractivity contribution >= 4 is 11.9 Å². The Morgan fingerprint density at radius 3 is 1.51 bits per heavy atom. The molecule has 0 aliphatic carbocycles. The first-order chi connectivity index (χ1) is 29.0. The highest BCUT2D eigenvalue weighted by Gasteiger charge is 2.24. The van der Waals surface area contributed by atoms with E-state index in [1.165, 1.54) is 89.9 Å². The van der Waals surface area contributed by atoms with Crippen LogP contribution >= 0.6 is 0 Å². The molecule has 0 aromatic carbocycles. The first-order valence-corrected chi connectivity index (χ1v) is 25.0. The Kier molecular flexibility index (Phi) is 44.7. The van der Waals surface area contributed by atoms with Gasteiger partial charge < -0.3 is 20.3 Å². The lowest BCUT2D eigenvalue weighted by Gasteiger charge is -2.24. The van der Waals surface area contributed by atoms with E-state index in [2.05, 4.69) is 86.8 Å². The van der Waals surface area contributed by atoms with E-state index < -0.39 is 18.2 Å². The van der Waals surface area contributed by atoms with Gasteiger partial charge in [0.1, 0.15) is 6.10 Å². The number of amides is 1. The lowest BCUT2D eigenvalue weighted by Crippen LogP contribution is -2.46. The van der Waals surface area contributed by atoms with E-state index in [1.807, 2.05) is 0 Å². The summed E-state index contributed by atoms with van der Waals surface area (Å²) in [4.78, 5) is 26.1. The SMILES string of the molecule is CC/C=C/C/C=C/C/C=C/CCCCCCC(=O)OC(CCCCC/C=C/C=C/CCCCCCCCC)CC(=O)NC(CO)C(O)CCCCCCCCCCCC. The van der Waals surface area contributed by atoms with Crippen LogP contribution in [0.2, 0.25) is 0 Å². The standard InChI is InChI=1S/C53H95NO5/c1-4-7-10-13-16-19-22-24-26-27-28-30-32-35-38-41-44-49(59-53(58)46-43-40-37-34-31-29-25-23-20-17-14-11-8-5-2)47-52(57)54-50(48-55)51(56)45-42-39-36-33-21-18-15-12-9-6-3/h8,11,17,20,25-30,49-51,55-56H,4-7,9-10,12-16,18-19,21-24,31-48H2,1-3H3,(H,54,57)/b11-8+,20-17+,27-26+,29-25+,30-28+. The molecule has 0 fully saturated rings. The third-order valence-electron chi connectivity index (χ3n) is 11.1. The Balaban J connectivity index is 4.69. The zero-order valence-electron chi connectivity index (χ0n) is 38.9. The molecule has 0 spiro atoms. The van der Waals surface area contributed by atoms with Crippen LogP contribution in [0.3, 0.4) is 0 Å². The number of unbranched alkanes of at least 4 members (excludes halogenated alkanes) is 23. The second-order valence-electron chi connectivity index (χ2n) is 16.9. The predicted molar refractivity (Wildman–Crippen MR) is 255 cm³/mol. The van der Waals surface area contributed by atoms with E-state index in [1.54, 1.807) is 0 Å². The molecule has 0 heterocycles. The first-order valence-electron chi connectivity index (χ1n) is 25.0. The van der Waals surface area contributed by atoms with Crippen LogP contribution in [-0.2, 0) is 14.3 Å². The summed E-state index contributed by atoms with van der Waals surface area (Å²) < 4.78 is 5.90. The summed E-state index contributed by atoms with van der Waals surface area (Å²) in [6.07, 6.45) is 57.1. The number of aliphatic hydroxyl groups is 2.